The molecule has 0 aromatic heterocycles. The number of methoxy groups -OCH3 is 1. The molecule has 0 saturated carbocycles. The number of carbonyl (C=O) groups is 1. The Kier molecular flexibility index (Phi) is 4.35. The Morgan fingerprint density at radius 2 is 2.20 bits per heavy atom. The molecule has 2 rings (SSSR count). The number of carbonyl (C=O) groups excluding carboxylic acids is 1. The highest BCUT2D eigenvalue weighted by Gasteiger charge is 2.31. The summed E-state index contributed by atoms with van der Waals surface area (Å²) < 4.78 is 31.8. The molecule has 2 unspecified atom stereocenters. The first-order valence-electron chi connectivity index (χ1n) is 6.45. The molecule has 1 aromatic carbocycles. The number of nitrogens with zero attached hydrogens (tertiary/aromatic N) is 1. The van der Waals surface area contributed by atoms with Crippen LogP contribution in [-0.2, 0) is 4.74 Å². The van der Waals surface area contributed by atoms with Crippen LogP contribution in [0.15, 0.2) is 12.1 Å². The Hall–Kier alpha value is -1.53. The number of nitrogens with two attached hydrogens (primary N) is 1. The molecule has 1 heterocycles. The Labute approximate surface area is 116 Å². The summed E-state index contributed by atoms with van der Waals surface area (Å²) in [4.78, 5) is 13.5. The first-order chi connectivity index (χ1) is 9.47. The van der Waals surface area contributed by atoms with E-state index in [0.717, 1.165) is 26.1 Å². The number of halogens is 2. The minimum atomic E-state index is -1.17. The summed E-state index contributed by atoms with van der Waals surface area (Å²) >= 11 is 0. The summed E-state index contributed by atoms with van der Waals surface area (Å²) in [5.74, 6) is -2.76. The molecular weight excluding hydrogens is 266 g/mol. The molecule has 0 bridgehead atoms. The van der Waals surface area contributed by atoms with Gasteiger partial charge >= 0.3 is 5.97 Å². The highest BCUT2D eigenvalue weighted by atomic mass is 19.2. The van der Waals surface area contributed by atoms with Crippen LogP contribution in [0.4, 0.5) is 8.78 Å². The van der Waals surface area contributed by atoms with E-state index >= 15 is 0 Å². The summed E-state index contributed by atoms with van der Waals surface area (Å²) in [5, 5.41) is 0. The second-order valence-electron chi connectivity index (χ2n) is 5.15. The number of rotatable bonds is 3. The molecule has 20 heavy (non-hydrogen) atoms. The normalized spacial score (nSPS) is 23.1. The van der Waals surface area contributed by atoms with Gasteiger partial charge in [0.1, 0.15) is 0 Å². The van der Waals surface area contributed by atoms with Crippen LogP contribution in [0.3, 0.4) is 0 Å². The third-order valence-electron chi connectivity index (χ3n) is 3.81. The van der Waals surface area contributed by atoms with Gasteiger partial charge in [-0.1, -0.05) is 0 Å². The lowest BCUT2D eigenvalue weighted by Gasteiger charge is -2.20. The second-order valence-corrected chi connectivity index (χ2v) is 5.15. The molecule has 1 saturated heterocycles. The maximum atomic E-state index is 13.7. The molecule has 0 radical (unpaired) electrons. The van der Waals surface area contributed by atoms with Gasteiger partial charge in [-0.3, -0.25) is 4.90 Å². The molecule has 1 fully saturated rings. The molecule has 1 aromatic rings. The zero-order valence-corrected chi connectivity index (χ0v) is 11.5. The number of benzene rings is 1. The Morgan fingerprint density at radius 1 is 1.50 bits per heavy atom. The van der Waals surface area contributed by atoms with Crippen LogP contribution in [0, 0.1) is 17.6 Å². The lowest BCUT2D eigenvalue weighted by Crippen LogP contribution is -2.21. The number of ether oxygens (including phenoxy) is 1. The fourth-order valence-corrected chi connectivity index (χ4v) is 2.73. The van der Waals surface area contributed by atoms with Crippen LogP contribution < -0.4 is 5.73 Å². The topological polar surface area (TPSA) is 55.6 Å². The van der Waals surface area contributed by atoms with Gasteiger partial charge in [0.15, 0.2) is 11.6 Å². The van der Waals surface area contributed by atoms with Crippen LogP contribution in [0.5, 0.6) is 0 Å². The number of hydrogen-bond donors (Lipinski definition) is 1. The highest BCUT2D eigenvalue weighted by molar-refractivity contribution is 5.89. The fourth-order valence-electron chi connectivity index (χ4n) is 2.73. The third-order valence-corrected chi connectivity index (χ3v) is 3.81. The molecule has 2 N–H and O–H groups in total. The summed E-state index contributed by atoms with van der Waals surface area (Å²) in [6, 6.07) is 2.44. The Morgan fingerprint density at radius 3 is 2.75 bits per heavy atom. The summed E-state index contributed by atoms with van der Waals surface area (Å²) in [7, 11) is 3.04. The van der Waals surface area contributed by atoms with Crippen molar-refractivity contribution in [2.24, 2.45) is 11.7 Å². The van der Waals surface area contributed by atoms with E-state index in [0.29, 0.717) is 18.0 Å². The minimum Gasteiger partial charge on any atom is -0.465 e. The van der Waals surface area contributed by atoms with E-state index in [4.69, 9.17) is 5.73 Å². The van der Waals surface area contributed by atoms with Crippen molar-refractivity contribution < 1.29 is 18.3 Å². The van der Waals surface area contributed by atoms with Crippen molar-refractivity contribution >= 4 is 5.97 Å². The SMILES string of the molecule is COC(=O)c1cc(C2CC(CN)CN2C)cc(F)c1F. The largest absolute Gasteiger partial charge is 0.465 e. The number of esters is 1. The van der Waals surface area contributed by atoms with Crippen LogP contribution in [0.2, 0.25) is 0 Å². The van der Waals surface area contributed by atoms with Gasteiger partial charge in [0, 0.05) is 12.6 Å². The van der Waals surface area contributed by atoms with Crippen LogP contribution in [0.1, 0.15) is 28.4 Å². The van der Waals surface area contributed by atoms with Gasteiger partial charge in [-0.05, 0) is 43.6 Å². The average Bonchev–Trinajstić information content (AvgIpc) is 2.82. The van der Waals surface area contributed by atoms with E-state index in [1.54, 1.807) is 0 Å². The summed E-state index contributed by atoms with van der Waals surface area (Å²) in [5.41, 5.74) is 5.86. The maximum Gasteiger partial charge on any atom is 0.340 e. The van der Waals surface area contributed by atoms with Gasteiger partial charge in [-0.15, -0.1) is 0 Å². The standard InChI is InChI=1S/C14H18F2N2O2/c1-18-7-8(6-17)3-12(18)9-4-10(14(19)20-2)13(16)11(15)5-9/h4-5,8,12H,3,6-7,17H2,1-2H3. The average molecular weight is 284 g/mol. The van der Waals surface area contributed by atoms with Gasteiger partial charge < -0.3 is 10.5 Å². The van der Waals surface area contributed by atoms with Crippen molar-refractivity contribution in [3.63, 3.8) is 0 Å². The van der Waals surface area contributed by atoms with Gasteiger partial charge in [0.2, 0.25) is 0 Å². The van der Waals surface area contributed by atoms with E-state index in [9.17, 15) is 13.6 Å². The van der Waals surface area contributed by atoms with Crippen molar-refractivity contribution in [2.45, 2.75) is 12.5 Å². The van der Waals surface area contributed by atoms with Gasteiger partial charge in [0.05, 0.1) is 12.7 Å². The first-order valence-corrected chi connectivity index (χ1v) is 6.45. The van der Waals surface area contributed by atoms with Crippen molar-refractivity contribution in [1.29, 1.82) is 0 Å². The van der Waals surface area contributed by atoms with E-state index in [1.165, 1.54) is 6.07 Å². The third kappa shape index (κ3) is 2.66. The molecule has 2 atom stereocenters. The van der Waals surface area contributed by atoms with Crippen molar-refractivity contribution in [3.8, 4) is 0 Å². The van der Waals surface area contributed by atoms with Crippen LogP contribution >= 0.6 is 0 Å². The second kappa shape index (κ2) is 5.85. The molecule has 110 valence electrons. The lowest BCUT2D eigenvalue weighted by atomic mass is 9.98. The predicted octanol–water partition coefficient (Wildman–Crippen LogP) is 1.70. The fraction of sp³-hybridized carbons (Fsp3) is 0.500. The molecular formula is C14H18F2N2O2. The first kappa shape index (κ1) is 14.9. The summed E-state index contributed by atoms with van der Waals surface area (Å²) in [6.45, 7) is 1.35. The molecule has 0 amide bonds. The van der Waals surface area contributed by atoms with E-state index < -0.39 is 17.6 Å². The molecule has 0 aliphatic carbocycles. The quantitative estimate of drug-likeness (QED) is 0.858. The van der Waals surface area contributed by atoms with Crippen LogP contribution in [-0.4, -0.2) is 38.1 Å². The smallest absolute Gasteiger partial charge is 0.340 e. The predicted molar refractivity (Wildman–Crippen MR) is 70.2 cm³/mol. The minimum absolute atomic E-state index is 0.0675. The van der Waals surface area contributed by atoms with Gasteiger partial charge in [-0.25, -0.2) is 13.6 Å². The zero-order valence-electron chi connectivity index (χ0n) is 11.5. The monoisotopic (exact) mass is 284 g/mol. The van der Waals surface area contributed by atoms with Crippen LogP contribution in [0.25, 0.3) is 0 Å². The Balaban J connectivity index is 2.38. The molecule has 0 spiro atoms. The van der Waals surface area contributed by atoms with E-state index in [-0.39, 0.29) is 11.6 Å². The lowest BCUT2D eigenvalue weighted by molar-refractivity contribution is 0.0594. The number of hydrogen-bond acceptors (Lipinski definition) is 4. The summed E-state index contributed by atoms with van der Waals surface area (Å²) in [6.07, 6.45) is 0.763. The Bertz CT molecular complexity index is 522. The highest BCUT2D eigenvalue weighted by Crippen LogP contribution is 2.35. The van der Waals surface area contributed by atoms with Crippen molar-refractivity contribution in [2.75, 3.05) is 27.2 Å². The van der Waals surface area contributed by atoms with Gasteiger partial charge in [0.25, 0.3) is 0 Å². The van der Waals surface area contributed by atoms with Gasteiger partial charge in [-0.2, -0.15) is 0 Å². The number of likely N-dealkylation sites (tertiary alicyclic amines) is 1. The van der Waals surface area contributed by atoms with E-state index in [2.05, 4.69) is 4.74 Å². The maximum absolute atomic E-state index is 13.7. The van der Waals surface area contributed by atoms with Crippen molar-refractivity contribution in [1.82, 2.24) is 4.90 Å². The molecule has 1 aliphatic rings. The van der Waals surface area contributed by atoms with Crippen molar-refractivity contribution in [3.05, 3.63) is 34.9 Å². The molecule has 1 aliphatic heterocycles. The molecule has 6 heteroatoms. The molecule has 4 nitrogen and oxygen atoms in total. The van der Waals surface area contributed by atoms with E-state index in [1.807, 2.05) is 11.9 Å². The zero-order chi connectivity index (χ0) is 14.9.